The summed E-state index contributed by atoms with van der Waals surface area (Å²) < 4.78 is 0. The summed E-state index contributed by atoms with van der Waals surface area (Å²) in [4.78, 5) is 1.60. The van der Waals surface area contributed by atoms with E-state index in [4.69, 9.17) is 12.2 Å². The van der Waals surface area contributed by atoms with Crippen LogP contribution in [0.2, 0.25) is 0 Å². The Morgan fingerprint density at radius 1 is 0.923 bits per heavy atom. The Balaban J connectivity index is 1.81. The lowest BCUT2D eigenvalue weighted by Gasteiger charge is -2.15. The van der Waals surface area contributed by atoms with E-state index >= 15 is 0 Å². The molecule has 0 amide bonds. The Labute approximate surface area is 163 Å². The van der Waals surface area contributed by atoms with Crippen LogP contribution >= 0.6 is 12.2 Å². The number of thiocarbonyl (C=S) groups is 1. The van der Waals surface area contributed by atoms with Gasteiger partial charge in [0.25, 0.3) is 0 Å². The number of quaternary nitrogens is 1. The van der Waals surface area contributed by atoms with E-state index in [1.807, 2.05) is 0 Å². The summed E-state index contributed by atoms with van der Waals surface area (Å²) in [5, 5.41) is 7.18. The number of anilines is 1. The van der Waals surface area contributed by atoms with Gasteiger partial charge in [0, 0.05) is 17.8 Å². The van der Waals surface area contributed by atoms with Gasteiger partial charge in [0.2, 0.25) is 0 Å². The van der Waals surface area contributed by atoms with E-state index in [9.17, 15) is 0 Å². The highest BCUT2D eigenvalue weighted by molar-refractivity contribution is 7.80. The van der Waals surface area contributed by atoms with Crippen LogP contribution in [0.3, 0.4) is 0 Å². The topological polar surface area (TPSA) is 28.5 Å². The van der Waals surface area contributed by atoms with Gasteiger partial charge >= 0.3 is 0 Å². The van der Waals surface area contributed by atoms with Gasteiger partial charge in [-0.1, -0.05) is 50.2 Å². The summed E-state index contributed by atoms with van der Waals surface area (Å²) in [5.74, 6) is 0.542. The second kappa shape index (κ2) is 10.3. The van der Waals surface area contributed by atoms with Gasteiger partial charge in [-0.3, -0.25) is 0 Å². The summed E-state index contributed by atoms with van der Waals surface area (Å²) in [5.41, 5.74) is 4.98. The zero-order valence-corrected chi connectivity index (χ0v) is 17.2. The van der Waals surface area contributed by atoms with Crippen molar-refractivity contribution in [1.82, 2.24) is 5.32 Å². The Hall–Kier alpha value is -1.91. The molecule has 2 aromatic rings. The second-order valence-electron chi connectivity index (χ2n) is 7.03. The van der Waals surface area contributed by atoms with Gasteiger partial charge in [0.1, 0.15) is 6.54 Å². The minimum Gasteiger partial charge on any atom is -0.358 e. The number of nitrogens with one attached hydrogen (secondary N) is 3. The molecule has 0 aliphatic heterocycles. The lowest BCUT2D eigenvalue weighted by Crippen LogP contribution is -3.10. The largest absolute Gasteiger partial charge is 0.358 e. The van der Waals surface area contributed by atoms with Crippen LogP contribution in [0.25, 0.3) is 0 Å². The van der Waals surface area contributed by atoms with Gasteiger partial charge in [-0.25, -0.2) is 0 Å². The van der Waals surface area contributed by atoms with Crippen molar-refractivity contribution in [2.45, 2.75) is 46.7 Å². The standard InChI is InChI=1S/C22H31N3S/c1-5-25(6-2)16-19-9-7-18(8-10-19)15-23-22(26)24-21-13-11-20(12-14-21)17(3)4/h7-14,17H,5-6,15-16H2,1-4H3,(H2,23,24,26)/p+1. The minimum atomic E-state index is 0.542. The van der Waals surface area contributed by atoms with Crippen LogP contribution in [-0.2, 0) is 13.1 Å². The van der Waals surface area contributed by atoms with Crippen LogP contribution < -0.4 is 15.5 Å². The van der Waals surface area contributed by atoms with Crippen molar-refractivity contribution in [3.05, 3.63) is 65.2 Å². The molecule has 3 nitrogen and oxygen atoms in total. The average Bonchev–Trinajstić information content (AvgIpc) is 2.65. The zero-order chi connectivity index (χ0) is 18.9. The summed E-state index contributed by atoms with van der Waals surface area (Å²) in [7, 11) is 0. The molecule has 0 bridgehead atoms. The minimum absolute atomic E-state index is 0.542. The Bertz CT molecular complexity index is 674. The molecule has 0 fully saturated rings. The van der Waals surface area contributed by atoms with E-state index in [2.05, 4.69) is 86.9 Å². The molecule has 0 unspecified atom stereocenters. The number of benzene rings is 2. The molecule has 0 atom stereocenters. The van der Waals surface area contributed by atoms with Crippen molar-refractivity contribution < 1.29 is 4.90 Å². The first-order valence-corrected chi connectivity index (χ1v) is 9.98. The lowest BCUT2D eigenvalue weighted by atomic mass is 10.0. The summed E-state index contributed by atoms with van der Waals surface area (Å²) in [6.45, 7) is 13.0. The van der Waals surface area contributed by atoms with Crippen molar-refractivity contribution in [3.63, 3.8) is 0 Å². The predicted octanol–water partition coefficient (Wildman–Crippen LogP) is 3.72. The fraction of sp³-hybridized carbons (Fsp3) is 0.409. The molecule has 2 aromatic carbocycles. The molecule has 0 saturated carbocycles. The quantitative estimate of drug-likeness (QED) is 0.619. The van der Waals surface area contributed by atoms with Crippen molar-refractivity contribution in [3.8, 4) is 0 Å². The van der Waals surface area contributed by atoms with E-state index in [0.717, 1.165) is 31.9 Å². The Kier molecular flexibility index (Phi) is 8.07. The first-order chi connectivity index (χ1) is 12.5. The molecule has 26 heavy (non-hydrogen) atoms. The summed E-state index contributed by atoms with van der Waals surface area (Å²) in [6, 6.07) is 17.3. The van der Waals surface area contributed by atoms with Crippen molar-refractivity contribution in [2.24, 2.45) is 0 Å². The fourth-order valence-electron chi connectivity index (χ4n) is 2.87. The van der Waals surface area contributed by atoms with Crippen LogP contribution in [0.1, 0.15) is 50.3 Å². The highest BCUT2D eigenvalue weighted by Crippen LogP contribution is 2.17. The fourth-order valence-corrected chi connectivity index (χ4v) is 3.06. The van der Waals surface area contributed by atoms with E-state index in [0.29, 0.717) is 11.0 Å². The Morgan fingerprint density at radius 2 is 1.50 bits per heavy atom. The third-order valence-electron chi connectivity index (χ3n) is 4.77. The van der Waals surface area contributed by atoms with Crippen molar-refractivity contribution in [1.29, 1.82) is 0 Å². The van der Waals surface area contributed by atoms with Gasteiger partial charge in [-0.05, 0) is 55.2 Å². The SMILES string of the molecule is CC[NH+](CC)Cc1ccc(CNC(=S)Nc2ccc(C(C)C)cc2)cc1. The second-order valence-corrected chi connectivity index (χ2v) is 7.44. The van der Waals surface area contributed by atoms with Gasteiger partial charge < -0.3 is 15.5 Å². The van der Waals surface area contributed by atoms with Crippen LogP contribution in [0.15, 0.2) is 48.5 Å². The molecule has 0 radical (unpaired) electrons. The first kappa shape index (κ1) is 20.4. The molecular formula is C22H32N3S+. The Morgan fingerprint density at radius 3 is 2.04 bits per heavy atom. The van der Waals surface area contributed by atoms with Crippen LogP contribution in [0, 0.1) is 0 Å². The molecule has 0 aromatic heterocycles. The maximum atomic E-state index is 5.41. The molecular weight excluding hydrogens is 338 g/mol. The normalized spacial score (nSPS) is 11.0. The predicted molar refractivity (Wildman–Crippen MR) is 116 cm³/mol. The maximum absolute atomic E-state index is 5.41. The first-order valence-electron chi connectivity index (χ1n) is 9.58. The van der Waals surface area contributed by atoms with E-state index in [-0.39, 0.29) is 0 Å². The number of hydrogen-bond donors (Lipinski definition) is 3. The van der Waals surface area contributed by atoms with Gasteiger partial charge in [0.05, 0.1) is 13.1 Å². The van der Waals surface area contributed by atoms with Gasteiger partial charge in [0.15, 0.2) is 5.11 Å². The zero-order valence-electron chi connectivity index (χ0n) is 16.4. The third-order valence-corrected chi connectivity index (χ3v) is 5.01. The van der Waals surface area contributed by atoms with Crippen LogP contribution in [-0.4, -0.2) is 18.2 Å². The summed E-state index contributed by atoms with van der Waals surface area (Å²) in [6.07, 6.45) is 0. The maximum Gasteiger partial charge on any atom is 0.171 e. The van der Waals surface area contributed by atoms with E-state index < -0.39 is 0 Å². The lowest BCUT2D eigenvalue weighted by molar-refractivity contribution is -0.910. The van der Waals surface area contributed by atoms with E-state index in [1.54, 1.807) is 4.90 Å². The molecule has 140 valence electrons. The summed E-state index contributed by atoms with van der Waals surface area (Å²) >= 11 is 5.41. The van der Waals surface area contributed by atoms with Crippen molar-refractivity contribution >= 4 is 23.0 Å². The highest BCUT2D eigenvalue weighted by Gasteiger charge is 2.05. The molecule has 0 aliphatic rings. The molecule has 3 N–H and O–H groups in total. The smallest absolute Gasteiger partial charge is 0.171 e. The van der Waals surface area contributed by atoms with Gasteiger partial charge in [-0.15, -0.1) is 0 Å². The molecule has 0 saturated heterocycles. The molecule has 2 rings (SSSR count). The molecule has 4 heteroatoms. The molecule has 0 aliphatic carbocycles. The highest BCUT2D eigenvalue weighted by atomic mass is 32.1. The third kappa shape index (κ3) is 6.43. The van der Waals surface area contributed by atoms with Crippen molar-refractivity contribution in [2.75, 3.05) is 18.4 Å². The molecule has 0 spiro atoms. The van der Waals surface area contributed by atoms with Crippen LogP contribution in [0.5, 0.6) is 0 Å². The van der Waals surface area contributed by atoms with Gasteiger partial charge in [-0.2, -0.15) is 0 Å². The number of hydrogen-bond acceptors (Lipinski definition) is 1. The number of rotatable bonds is 8. The molecule has 0 heterocycles. The monoisotopic (exact) mass is 370 g/mol. The van der Waals surface area contributed by atoms with Crippen LogP contribution in [0.4, 0.5) is 5.69 Å². The average molecular weight is 371 g/mol. The van der Waals surface area contributed by atoms with E-state index in [1.165, 1.54) is 16.7 Å².